The van der Waals surface area contributed by atoms with Crippen LogP contribution in [0.3, 0.4) is 0 Å². The number of rotatable bonds is 4. The fraction of sp³-hybridized carbons (Fsp3) is 0.600. The highest BCUT2D eigenvalue weighted by Gasteiger charge is 2.18. The molecule has 1 N–H and O–H groups in total. The average Bonchev–Trinajstić information content (AvgIpc) is 2.39. The molecule has 0 saturated carbocycles. The van der Waals surface area contributed by atoms with E-state index in [1.807, 2.05) is 0 Å². The minimum absolute atomic E-state index is 0.666. The van der Waals surface area contributed by atoms with E-state index in [0.29, 0.717) is 6.04 Å². The highest BCUT2D eigenvalue weighted by atomic mass is 15.2. The van der Waals surface area contributed by atoms with Crippen molar-refractivity contribution in [2.45, 2.75) is 25.4 Å². The Balaban J connectivity index is 1.92. The Kier molecular flexibility index (Phi) is 4.61. The molecule has 2 rings (SSSR count). The van der Waals surface area contributed by atoms with Gasteiger partial charge in [-0.15, -0.1) is 0 Å². The number of nitrogens with one attached hydrogen (secondary N) is 1. The first-order valence-electron chi connectivity index (χ1n) is 6.85. The van der Waals surface area contributed by atoms with Crippen molar-refractivity contribution in [3.63, 3.8) is 0 Å². The molecule has 1 aromatic carbocycles. The largest absolute Gasteiger partial charge is 0.378 e. The minimum atomic E-state index is 0.666. The molecule has 1 aliphatic rings. The Morgan fingerprint density at radius 2 is 2.00 bits per heavy atom. The molecule has 1 aliphatic heterocycles. The Hall–Kier alpha value is -1.06. The molecule has 3 nitrogen and oxygen atoms in total. The minimum Gasteiger partial charge on any atom is -0.378 e. The standard InChI is InChI=1S/C15H25N3/c1-16-14-5-4-10-18(12-14)11-13-6-8-15(9-7-13)17(2)3/h6-9,14,16H,4-5,10-12H2,1-3H3. The Morgan fingerprint density at radius 3 is 2.61 bits per heavy atom. The van der Waals surface area contributed by atoms with Gasteiger partial charge in [0.2, 0.25) is 0 Å². The van der Waals surface area contributed by atoms with Gasteiger partial charge in [-0.2, -0.15) is 0 Å². The molecular weight excluding hydrogens is 222 g/mol. The summed E-state index contributed by atoms with van der Waals surface area (Å²) in [6.45, 7) is 3.48. The van der Waals surface area contributed by atoms with Crippen LogP contribution in [0.1, 0.15) is 18.4 Å². The summed E-state index contributed by atoms with van der Waals surface area (Å²) in [6, 6.07) is 9.57. The van der Waals surface area contributed by atoms with Crippen molar-refractivity contribution < 1.29 is 0 Å². The molecule has 1 saturated heterocycles. The molecule has 100 valence electrons. The number of likely N-dealkylation sites (N-methyl/N-ethyl adjacent to an activating group) is 1. The first kappa shape index (κ1) is 13.4. The van der Waals surface area contributed by atoms with E-state index in [1.165, 1.54) is 37.2 Å². The molecule has 18 heavy (non-hydrogen) atoms. The van der Waals surface area contributed by atoms with Crippen LogP contribution in [0.15, 0.2) is 24.3 Å². The average molecular weight is 247 g/mol. The fourth-order valence-electron chi connectivity index (χ4n) is 2.59. The number of piperidine rings is 1. The zero-order valence-electron chi connectivity index (χ0n) is 11.8. The molecule has 0 spiro atoms. The van der Waals surface area contributed by atoms with Crippen LogP contribution in [0.25, 0.3) is 0 Å². The fourth-order valence-corrected chi connectivity index (χ4v) is 2.59. The Labute approximate surface area is 111 Å². The summed E-state index contributed by atoms with van der Waals surface area (Å²) >= 11 is 0. The van der Waals surface area contributed by atoms with Crippen LogP contribution in [0.5, 0.6) is 0 Å². The Morgan fingerprint density at radius 1 is 1.28 bits per heavy atom. The molecule has 1 unspecified atom stereocenters. The first-order chi connectivity index (χ1) is 8.69. The molecule has 0 radical (unpaired) electrons. The van der Waals surface area contributed by atoms with Gasteiger partial charge in [-0.3, -0.25) is 4.90 Å². The number of anilines is 1. The monoisotopic (exact) mass is 247 g/mol. The van der Waals surface area contributed by atoms with E-state index in [4.69, 9.17) is 0 Å². The molecule has 1 aromatic rings. The Bertz CT molecular complexity index is 359. The lowest BCUT2D eigenvalue weighted by molar-refractivity contribution is 0.188. The van der Waals surface area contributed by atoms with Gasteiger partial charge in [0, 0.05) is 38.9 Å². The molecule has 1 fully saturated rings. The molecule has 0 aliphatic carbocycles. The van der Waals surface area contributed by atoms with Crippen LogP contribution < -0.4 is 10.2 Å². The summed E-state index contributed by atoms with van der Waals surface area (Å²) in [6.07, 6.45) is 2.62. The molecule has 3 heteroatoms. The van der Waals surface area contributed by atoms with Crippen molar-refractivity contribution in [3.05, 3.63) is 29.8 Å². The molecular formula is C15H25N3. The number of nitrogens with zero attached hydrogens (tertiary/aromatic N) is 2. The number of hydrogen-bond acceptors (Lipinski definition) is 3. The molecule has 1 atom stereocenters. The van der Waals surface area contributed by atoms with E-state index < -0.39 is 0 Å². The van der Waals surface area contributed by atoms with Crippen LogP contribution >= 0.6 is 0 Å². The van der Waals surface area contributed by atoms with Gasteiger partial charge in [0.15, 0.2) is 0 Å². The van der Waals surface area contributed by atoms with Gasteiger partial charge in [-0.25, -0.2) is 0 Å². The van der Waals surface area contributed by atoms with Crippen molar-refractivity contribution in [2.75, 3.05) is 39.1 Å². The van der Waals surface area contributed by atoms with E-state index >= 15 is 0 Å². The van der Waals surface area contributed by atoms with E-state index in [2.05, 4.69) is 60.5 Å². The van der Waals surface area contributed by atoms with Crippen molar-refractivity contribution in [3.8, 4) is 0 Å². The maximum Gasteiger partial charge on any atom is 0.0361 e. The highest BCUT2D eigenvalue weighted by Crippen LogP contribution is 2.16. The summed E-state index contributed by atoms with van der Waals surface area (Å²) in [5.41, 5.74) is 2.68. The summed E-state index contributed by atoms with van der Waals surface area (Å²) in [7, 11) is 6.23. The lowest BCUT2D eigenvalue weighted by Crippen LogP contribution is -2.43. The van der Waals surface area contributed by atoms with E-state index in [-0.39, 0.29) is 0 Å². The SMILES string of the molecule is CNC1CCCN(Cc2ccc(N(C)C)cc2)C1. The van der Waals surface area contributed by atoms with Gasteiger partial charge in [0.05, 0.1) is 0 Å². The van der Waals surface area contributed by atoms with Gasteiger partial charge in [0.1, 0.15) is 0 Å². The molecule has 0 aromatic heterocycles. The second-order valence-corrected chi connectivity index (χ2v) is 5.42. The predicted molar refractivity (Wildman–Crippen MR) is 78.1 cm³/mol. The lowest BCUT2D eigenvalue weighted by Gasteiger charge is -2.32. The van der Waals surface area contributed by atoms with E-state index in [1.54, 1.807) is 0 Å². The maximum absolute atomic E-state index is 3.40. The van der Waals surface area contributed by atoms with Crippen molar-refractivity contribution in [1.82, 2.24) is 10.2 Å². The first-order valence-corrected chi connectivity index (χ1v) is 6.85. The second-order valence-electron chi connectivity index (χ2n) is 5.42. The maximum atomic E-state index is 3.40. The quantitative estimate of drug-likeness (QED) is 0.877. The number of hydrogen-bond donors (Lipinski definition) is 1. The number of benzene rings is 1. The normalized spacial score (nSPS) is 20.9. The van der Waals surface area contributed by atoms with E-state index in [9.17, 15) is 0 Å². The summed E-state index contributed by atoms with van der Waals surface area (Å²) in [5, 5.41) is 3.40. The van der Waals surface area contributed by atoms with Crippen molar-refractivity contribution in [2.24, 2.45) is 0 Å². The smallest absolute Gasteiger partial charge is 0.0361 e. The van der Waals surface area contributed by atoms with E-state index in [0.717, 1.165) is 6.54 Å². The summed E-state index contributed by atoms with van der Waals surface area (Å²) in [4.78, 5) is 4.69. The predicted octanol–water partition coefficient (Wildman–Crippen LogP) is 1.94. The third-order valence-corrected chi connectivity index (χ3v) is 3.77. The van der Waals surface area contributed by atoms with Crippen LogP contribution in [0.2, 0.25) is 0 Å². The van der Waals surface area contributed by atoms with Gasteiger partial charge in [-0.05, 0) is 44.1 Å². The zero-order chi connectivity index (χ0) is 13.0. The number of likely N-dealkylation sites (tertiary alicyclic amines) is 1. The second kappa shape index (κ2) is 6.21. The van der Waals surface area contributed by atoms with Crippen LogP contribution in [0, 0.1) is 0 Å². The zero-order valence-corrected chi connectivity index (χ0v) is 11.8. The highest BCUT2D eigenvalue weighted by molar-refractivity contribution is 5.45. The molecule has 0 amide bonds. The lowest BCUT2D eigenvalue weighted by atomic mass is 10.0. The van der Waals surface area contributed by atoms with Crippen molar-refractivity contribution in [1.29, 1.82) is 0 Å². The summed E-state index contributed by atoms with van der Waals surface area (Å²) in [5.74, 6) is 0. The summed E-state index contributed by atoms with van der Waals surface area (Å²) < 4.78 is 0. The van der Waals surface area contributed by atoms with Crippen LogP contribution in [-0.4, -0.2) is 45.2 Å². The third-order valence-electron chi connectivity index (χ3n) is 3.77. The van der Waals surface area contributed by atoms with Crippen molar-refractivity contribution >= 4 is 5.69 Å². The molecule has 1 heterocycles. The van der Waals surface area contributed by atoms with Gasteiger partial charge >= 0.3 is 0 Å². The topological polar surface area (TPSA) is 18.5 Å². The van der Waals surface area contributed by atoms with Crippen LogP contribution in [-0.2, 0) is 6.54 Å². The van der Waals surface area contributed by atoms with Gasteiger partial charge in [0.25, 0.3) is 0 Å². The third kappa shape index (κ3) is 3.47. The molecule has 0 bridgehead atoms. The van der Waals surface area contributed by atoms with Gasteiger partial charge < -0.3 is 10.2 Å². The van der Waals surface area contributed by atoms with Gasteiger partial charge in [-0.1, -0.05) is 12.1 Å². The van der Waals surface area contributed by atoms with Crippen LogP contribution in [0.4, 0.5) is 5.69 Å².